The fraction of sp³-hybridized carbons (Fsp3) is 0.318. The monoisotopic (exact) mass is 411 g/mol. The molecule has 0 bridgehead atoms. The number of ether oxygens (including phenoxy) is 1. The smallest absolute Gasteiger partial charge is 0.286 e. The van der Waals surface area contributed by atoms with Gasteiger partial charge in [-0.2, -0.15) is 0 Å². The lowest BCUT2D eigenvalue weighted by atomic mass is 9.82. The van der Waals surface area contributed by atoms with E-state index >= 15 is 0 Å². The third-order valence-electron chi connectivity index (χ3n) is 5.36. The molecule has 1 saturated carbocycles. The van der Waals surface area contributed by atoms with Crippen molar-refractivity contribution in [2.24, 2.45) is 5.92 Å². The summed E-state index contributed by atoms with van der Waals surface area (Å²) in [6, 6.07) is 10.9. The molecule has 7 heteroatoms. The Morgan fingerprint density at radius 1 is 1.28 bits per heavy atom. The number of rotatable bonds is 4. The molecule has 3 atom stereocenters. The Morgan fingerprint density at radius 3 is 2.93 bits per heavy atom. The number of benzene rings is 1. The number of nitrogens with one attached hydrogen (secondary N) is 2. The number of hydrogen-bond donors (Lipinski definition) is 2. The summed E-state index contributed by atoms with van der Waals surface area (Å²) in [7, 11) is 0. The van der Waals surface area contributed by atoms with Crippen molar-refractivity contribution in [3.63, 3.8) is 0 Å². The van der Waals surface area contributed by atoms with Gasteiger partial charge in [0.2, 0.25) is 5.91 Å². The molecule has 2 fully saturated rings. The first-order valence-electron chi connectivity index (χ1n) is 9.70. The van der Waals surface area contributed by atoms with Crippen LogP contribution in [0, 0.1) is 5.92 Å². The van der Waals surface area contributed by atoms with Gasteiger partial charge >= 0.3 is 0 Å². The molecule has 6 nitrogen and oxygen atoms in total. The third-order valence-corrected chi connectivity index (χ3v) is 5.70. The van der Waals surface area contributed by atoms with E-state index in [1.807, 2.05) is 30.3 Å². The predicted octanol–water partition coefficient (Wildman–Crippen LogP) is 3.08. The largest absolute Gasteiger partial charge is 0.483 e. The first-order chi connectivity index (χ1) is 14.1. The number of aromatic nitrogens is 1. The van der Waals surface area contributed by atoms with Crippen molar-refractivity contribution in [1.29, 1.82) is 0 Å². The van der Waals surface area contributed by atoms with Crippen molar-refractivity contribution in [2.45, 2.75) is 38.0 Å². The van der Waals surface area contributed by atoms with Gasteiger partial charge < -0.3 is 15.4 Å². The number of morpholine rings is 1. The van der Waals surface area contributed by atoms with E-state index in [0.29, 0.717) is 24.4 Å². The lowest BCUT2D eigenvalue weighted by Crippen LogP contribution is -2.54. The highest BCUT2D eigenvalue weighted by Crippen LogP contribution is 2.32. The molecule has 1 aliphatic carbocycles. The number of amides is 2. The van der Waals surface area contributed by atoms with Gasteiger partial charge in [-0.3, -0.25) is 14.6 Å². The lowest BCUT2D eigenvalue weighted by molar-refractivity contribution is -0.134. The van der Waals surface area contributed by atoms with E-state index in [-0.39, 0.29) is 35.6 Å². The SMILES string of the molecule is O=C1NC2CC(C(=O)NCc3cccnc3)CCC2O/C1=C\c1ccccc1Cl. The number of fused-ring (bicyclic) bond motifs is 1. The molecule has 1 aromatic heterocycles. The van der Waals surface area contributed by atoms with Gasteiger partial charge in [-0.1, -0.05) is 35.9 Å². The number of halogens is 1. The Hall–Kier alpha value is -2.86. The van der Waals surface area contributed by atoms with Crippen molar-refractivity contribution >= 4 is 29.5 Å². The van der Waals surface area contributed by atoms with Crippen LogP contribution in [-0.4, -0.2) is 28.9 Å². The van der Waals surface area contributed by atoms with Crippen LogP contribution in [0.1, 0.15) is 30.4 Å². The van der Waals surface area contributed by atoms with Crippen molar-refractivity contribution in [3.8, 4) is 0 Å². The maximum atomic E-state index is 12.6. The van der Waals surface area contributed by atoms with Gasteiger partial charge in [0, 0.05) is 29.9 Å². The average molecular weight is 412 g/mol. The van der Waals surface area contributed by atoms with E-state index in [2.05, 4.69) is 15.6 Å². The molecule has 29 heavy (non-hydrogen) atoms. The van der Waals surface area contributed by atoms with Crippen LogP contribution >= 0.6 is 11.6 Å². The Balaban J connectivity index is 1.36. The van der Waals surface area contributed by atoms with Crippen LogP contribution in [0.15, 0.2) is 54.6 Å². The predicted molar refractivity (Wildman–Crippen MR) is 110 cm³/mol. The standard InChI is InChI=1S/C22H22ClN3O3/c23-17-6-2-1-5-15(17)11-20-22(28)26-18-10-16(7-8-19(18)29-20)21(27)25-13-14-4-3-9-24-12-14/h1-6,9,11-12,16,18-19H,7-8,10,13H2,(H,25,27)(H,26,28)/b20-11-. The van der Waals surface area contributed by atoms with Crippen molar-refractivity contribution in [3.05, 3.63) is 70.7 Å². The third kappa shape index (κ3) is 4.59. The van der Waals surface area contributed by atoms with E-state index in [4.69, 9.17) is 16.3 Å². The normalized spacial score (nSPS) is 24.9. The molecular formula is C22H22ClN3O3. The fourth-order valence-corrected chi connectivity index (χ4v) is 3.99. The lowest BCUT2D eigenvalue weighted by Gasteiger charge is -2.39. The van der Waals surface area contributed by atoms with Crippen LogP contribution < -0.4 is 10.6 Å². The Labute approximate surface area is 174 Å². The molecular weight excluding hydrogens is 390 g/mol. The van der Waals surface area contributed by atoms with E-state index in [9.17, 15) is 9.59 Å². The van der Waals surface area contributed by atoms with Gasteiger partial charge in [0.15, 0.2) is 5.76 Å². The molecule has 0 radical (unpaired) electrons. The van der Waals surface area contributed by atoms with E-state index in [0.717, 1.165) is 17.5 Å². The highest BCUT2D eigenvalue weighted by atomic mass is 35.5. The zero-order valence-corrected chi connectivity index (χ0v) is 16.6. The maximum Gasteiger partial charge on any atom is 0.286 e. The average Bonchev–Trinajstić information content (AvgIpc) is 2.74. The first kappa shape index (κ1) is 19.5. The van der Waals surface area contributed by atoms with Crippen LogP contribution in [0.25, 0.3) is 6.08 Å². The molecule has 2 amide bonds. The van der Waals surface area contributed by atoms with Crippen LogP contribution in [-0.2, 0) is 20.9 Å². The van der Waals surface area contributed by atoms with Gasteiger partial charge in [0.25, 0.3) is 5.91 Å². The highest BCUT2D eigenvalue weighted by Gasteiger charge is 2.40. The van der Waals surface area contributed by atoms with Crippen molar-refractivity contribution < 1.29 is 14.3 Å². The molecule has 1 aliphatic heterocycles. The summed E-state index contributed by atoms with van der Waals surface area (Å²) in [6.45, 7) is 0.449. The zero-order chi connectivity index (χ0) is 20.2. The molecule has 1 aromatic carbocycles. The van der Waals surface area contributed by atoms with Gasteiger partial charge in [-0.05, 0) is 48.6 Å². The summed E-state index contributed by atoms with van der Waals surface area (Å²) in [5, 5.41) is 6.53. The minimum Gasteiger partial charge on any atom is -0.483 e. The summed E-state index contributed by atoms with van der Waals surface area (Å²) in [6.07, 6.45) is 6.95. The van der Waals surface area contributed by atoms with Gasteiger partial charge in [-0.15, -0.1) is 0 Å². The number of nitrogens with zero attached hydrogens (tertiary/aromatic N) is 1. The first-order valence-corrected chi connectivity index (χ1v) is 10.1. The second-order valence-electron chi connectivity index (χ2n) is 7.36. The fourth-order valence-electron chi connectivity index (χ4n) is 3.80. The van der Waals surface area contributed by atoms with Crippen molar-refractivity contribution in [2.75, 3.05) is 0 Å². The van der Waals surface area contributed by atoms with E-state index in [1.165, 1.54) is 0 Å². The van der Waals surface area contributed by atoms with Crippen LogP contribution in [0.3, 0.4) is 0 Å². The summed E-state index contributed by atoms with van der Waals surface area (Å²) in [5.41, 5.74) is 1.69. The molecule has 3 unspecified atom stereocenters. The summed E-state index contributed by atoms with van der Waals surface area (Å²) >= 11 is 6.18. The van der Waals surface area contributed by atoms with Crippen LogP contribution in [0.4, 0.5) is 0 Å². The molecule has 4 rings (SSSR count). The molecule has 2 aromatic rings. The number of carbonyl (C=O) groups is 2. The highest BCUT2D eigenvalue weighted by molar-refractivity contribution is 6.32. The Morgan fingerprint density at radius 2 is 2.14 bits per heavy atom. The van der Waals surface area contributed by atoms with Gasteiger partial charge in [0.05, 0.1) is 6.04 Å². The summed E-state index contributed by atoms with van der Waals surface area (Å²) in [4.78, 5) is 29.1. The number of pyridine rings is 1. The second-order valence-corrected chi connectivity index (χ2v) is 7.76. The summed E-state index contributed by atoms with van der Waals surface area (Å²) in [5.74, 6) is -0.161. The van der Waals surface area contributed by atoms with Crippen molar-refractivity contribution in [1.82, 2.24) is 15.6 Å². The number of hydrogen-bond acceptors (Lipinski definition) is 4. The molecule has 0 spiro atoms. The molecule has 2 heterocycles. The minimum absolute atomic E-state index is 0.000964. The molecule has 2 N–H and O–H groups in total. The molecule has 150 valence electrons. The van der Waals surface area contributed by atoms with E-state index in [1.54, 1.807) is 24.5 Å². The zero-order valence-electron chi connectivity index (χ0n) is 15.8. The molecule has 1 saturated heterocycles. The van der Waals surface area contributed by atoms with Gasteiger partial charge in [0.1, 0.15) is 6.10 Å². The number of carbonyl (C=O) groups excluding carboxylic acids is 2. The molecule has 2 aliphatic rings. The second kappa shape index (κ2) is 8.66. The summed E-state index contributed by atoms with van der Waals surface area (Å²) < 4.78 is 5.97. The van der Waals surface area contributed by atoms with E-state index < -0.39 is 0 Å². The quantitative estimate of drug-likeness (QED) is 0.758. The Bertz CT molecular complexity index is 932. The maximum absolute atomic E-state index is 12.6. The topological polar surface area (TPSA) is 80.3 Å². The Kier molecular flexibility index (Phi) is 5.81. The van der Waals surface area contributed by atoms with Crippen LogP contribution in [0.5, 0.6) is 0 Å². The van der Waals surface area contributed by atoms with Gasteiger partial charge in [-0.25, -0.2) is 0 Å². The minimum atomic E-state index is -0.275. The van der Waals surface area contributed by atoms with Crippen LogP contribution in [0.2, 0.25) is 5.02 Å².